The summed E-state index contributed by atoms with van der Waals surface area (Å²) in [5.41, 5.74) is -2.08. The highest BCUT2D eigenvalue weighted by atomic mass is 19.4. The van der Waals surface area contributed by atoms with Gasteiger partial charge >= 0.3 is 12.3 Å². The van der Waals surface area contributed by atoms with Crippen molar-refractivity contribution in [2.24, 2.45) is 5.92 Å². The van der Waals surface area contributed by atoms with Crippen LogP contribution in [-0.4, -0.2) is 34.5 Å². The van der Waals surface area contributed by atoms with Crippen LogP contribution in [0.3, 0.4) is 0 Å². The van der Waals surface area contributed by atoms with E-state index in [9.17, 15) is 27.2 Å². The summed E-state index contributed by atoms with van der Waals surface area (Å²) in [6.45, 7) is 5.34. The van der Waals surface area contributed by atoms with Crippen LogP contribution in [0.15, 0.2) is 18.2 Å². The van der Waals surface area contributed by atoms with Crippen molar-refractivity contribution >= 4 is 11.9 Å². The highest BCUT2D eigenvalue weighted by Crippen LogP contribution is 2.41. The molecule has 28 heavy (non-hydrogen) atoms. The topological polar surface area (TPSA) is 46.6 Å². The van der Waals surface area contributed by atoms with E-state index in [0.29, 0.717) is 25.0 Å². The molecule has 2 bridgehead atoms. The van der Waals surface area contributed by atoms with Crippen LogP contribution in [0, 0.1) is 11.7 Å². The molecule has 1 aromatic carbocycles. The number of ketones is 1. The first kappa shape index (κ1) is 20.6. The molecule has 154 valence electrons. The smallest absolute Gasteiger partial charge is 0.419 e. The van der Waals surface area contributed by atoms with Crippen LogP contribution in [0.4, 0.5) is 22.4 Å². The molecule has 2 aliphatic rings. The number of halogens is 4. The second kappa shape index (κ2) is 7.04. The molecule has 2 fully saturated rings. The molecule has 0 radical (unpaired) electrons. The number of rotatable bonds is 2. The molecule has 0 N–H and O–H groups in total. The third-order valence-corrected chi connectivity index (χ3v) is 5.27. The van der Waals surface area contributed by atoms with Crippen LogP contribution in [0.25, 0.3) is 0 Å². The lowest BCUT2D eigenvalue weighted by atomic mass is 9.84. The molecule has 2 unspecified atom stereocenters. The largest absolute Gasteiger partial charge is 0.444 e. The summed E-state index contributed by atoms with van der Waals surface area (Å²) in [5, 5.41) is 0. The van der Waals surface area contributed by atoms with Gasteiger partial charge in [-0.15, -0.1) is 0 Å². The number of alkyl halides is 3. The van der Waals surface area contributed by atoms with E-state index >= 15 is 0 Å². The van der Waals surface area contributed by atoms with Crippen LogP contribution >= 0.6 is 0 Å². The SMILES string of the molecule is CC(C)(C)OC(=O)N1C2CCC1CC(C(=O)c1ccc(C(F)(F)F)c(F)c1)C2. The van der Waals surface area contributed by atoms with Gasteiger partial charge in [-0.05, 0) is 58.6 Å². The summed E-state index contributed by atoms with van der Waals surface area (Å²) in [7, 11) is 0. The van der Waals surface area contributed by atoms with E-state index in [1.165, 1.54) is 0 Å². The van der Waals surface area contributed by atoms with E-state index in [1.807, 2.05) is 0 Å². The Balaban J connectivity index is 1.73. The monoisotopic (exact) mass is 401 g/mol. The Kier molecular flexibility index (Phi) is 5.18. The van der Waals surface area contributed by atoms with Crippen molar-refractivity contribution in [3.8, 4) is 0 Å². The van der Waals surface area contributed by atoms with Crippen LogP contribution in [0.5, 0.6) is 0 Å². The first-order valence-corrected chi connectivity index (χ1v) is 9.29. The van der Waals surface area contributed by atoms with Crippen molar-refractivity contribution in [3.63, 3.8) is 0 Å². The Morgan fingerprint density at radius 1 is 1.07 bits per heavy atom. The quantitative estimate of drug-likeness (QED) is 0.505. The zero-order valence-corrected chi connectivity index (χ0v) is 16.0. The summed E-state index contributed by atoms with van der Waals surface area (Å²) in [5.74, 6) is -2.28. The first-order valence-electron chi connectivity index (χ1n) is 9.29. The van der Waals surface area contributed by atoms with E-state index in [1.54, 1.807) is 25.7 Å². The molecule has 1 amide bonds. The van der Waals surface area contributed by atoms with Crippen molar-refractivity contribution < 1.29 is 31.9 Å². The minimum absolute atomic E-state index is 0.0689. The number of hydrogen-bond acceptors (Lipinski definition) is 3. The van der Waals surface area contributed by atoms with Crippen molar-refractivity contribution in [1.29, 1.82) is 0 Å². The van der Waals surface area contributed by atoms with Gasteiger partial charge in [0.25, 0.3) is 0 Å². The summed E-state index contributed by atoms with van der Waals surface area (Å²) in [6.07, 6.45) is -2.92. The summed E-state index contributed by atoms with van der Waals surface area (Å²) >= 11 is 0. The van der Waals surface area contributed by atoms with E-state index in [4.69, 9.17) is 4.74 Å². The highest BCUT2D eigenvalue weighted by molar-refractivity contribution is 5.98. The van der Waals surface area contributed by atoms with Gasteiger partial charge in [0.2, 0.25) is 0 Å². The molecule has 0 saturated carbocycles. The lowest BCUT2D eigenvalue weighted by Crippen LogP contribution is -2.49. The fourth-order valence-electron chi connectivity index (χ4n) is 4.14. The standard InChI is InChI=1S/C20H23F4NO3/c1-19(2,3)28-18(27)25-13-5-6-14(25)9-12(8-13)17(26)11-4-7-15(16(21)10-11)20(22,23)24/h4,7,10,12-14H,5-6,8-9H2,1-3H3. The van der Waals surface area contributed by atoms with Gasteiger partial charge in [-0.1, -0.05) is 6.07 Å². The van der Waals surface area contributed by atoms with Crippen LogP contribution in [0.1, 0.15) is 62.4 Å². The average molecular weight is 401 g/mol. The molecule has 4 nitrogen and oxygen atoms in total. The third kappa shape index (κ3) is 4.15. The fraction of sp³-hybridized carbons (Fsp3) is 0.600. The van der Waals surface area contributed by atoms with Crippen molar-refractivity contribution in [3.05, 3.63) is 35.1 Å². The van der Waals surface area contributed by atoms with Gasteiger partial charge in [-0.25, -0.2) is 9.18 Å². The molecule has 2 aliphatic heterocycles. The Labute approximate surface area is 160 Å². The molecule has 3 rings (SSSR count). The maximum absolute atomic E-state index is 13.8. The number of fused-ring (bicyclic) bond motifs is 2. The zero-order valence-electron chi connectivity index (χ0n) is 16.0. The van der Waals surface area contributed by atoms with Crippen LogP contribution in [-0.2, 0) is 10.9 Å². The molecule has 2 atom stereocenters. The minimum atomic E-state index is -4.80. The van der Waals surface area contributed by atoms with Gasteiger partial charge in [0, 0.05) is 23.6 Å². The average Bonchev–Trinajstić information content (AvgIpc) is 2.81. The number of ether oxygens (including phenoxy) is 1. The summed E-state index contributed by atoms with van der Waals surface area (Å²) in [4.78, 5) is 26.9. The van der Waals surface area contributed by atoms with E-state index in [0.717, 1.165) is 18.9 Å². The maximum Gasteiger partial charge on any atom is 0.419 e. The summed E-state index contributed by atoms with van der Waals surface area (Å²) < 4.78 is 57.4. The zero-order chi connectivity index (χ0) is 20.9. The number of hydrogen-bond donors (Lipinski definition) is 0. The molecule has 2 heterocycles. The van der Waals surface area contributed by atoms with Gasteiger partial charge in [0.15, 0.2) is 5.78 Å². The van der Waals surface area contributed by atoms with E-state index in [2.05, 4.69) is 0 Å². The number of carbonyl (C=O) groups is 2. The van der Waals surface area contributed by atoms with Crippen LogP contribution in [0.2, 0.25) is 0 Å². The maximum atomic E-state index is 13.8. The molecular formula is C20H23F4NO3. The van der Waals surface area contributed by atoms with Gasteiger partial charge < -0.3 is 9.64 Å². The Hall–Kier alpha value is -2.12. The molecule has 0 aromatic heterocycles. The summed E-state index contributed by atoms with van der Waals surface area (Å²) in [6, 6.07) is 1.99. The Morgan fingerprint density at radius 3 is 2.11 bits per heavy atom. The second-order valence-electron chi connectivity index (χ2n) is 8.50. The lowest BCUT2D eigenvalue weighted by molar-refractivity contribution is -0.140. The third-order valence-electron chi connectivity index (χ3n) is 5.27. The van der Waals surface area contributed by atoms with Crippen molar-refractivity contribution in [2.75, 3.05) is 0 Å². The van der Waals surface area contributed by atoms with Crippen LogP contribution < -0.4 is 0 Å². The number of Topliss-reactive ketones (excluding diaryl/α,β-unsaturated/α-hetero) is 1. The normalized spacial score (nSPS) is 25.0. The van der Waals surface area contributed by atoms with E-state index < -0.39 is 35.2 Å². The number of amides is 1. The minimum Gasteiger partial charge on any atom is -0.444 e. The molecule has 1 aromatic rings. The van der Waals surface area contributed by atoms with Crippen molar-refractivity contribution in [1.82, 2.24) is 4.90 Å². The van der Waals surface area contributed by atoms with E-state index in [-0.39, 0.29) is 23.4 Å². The van der Waals surface area contributed by atoms with Gasteiger partial charge in [0.05, 0.1) is 5.56 Å². The highest BCUT2D eigenvalue weighted by Gasteiger charge is 2.46. The Morgan fingerprint density at radius 2 is 1.64 bits per heavy atom. The predicted molar refractivity (Wildman–Crippen MR) is 93.3 cm³/mol. The van der Waals surface area contributed by atoms with Gasteiger partial charge in [0.1, 0.15) is 11.4 Å². The van der Waals surface area contributed by atoms with Gasteiger partial charge in [-0.3, -0.25) is 4.79 Å². The molecular weight excluding hydrogens is 378 g/mol. The molecule has 2 saturated heterocycles. The number of piperidine rings is 1. The number of nitrogens with zero attached hydrogens (tertiary/aromatic N) is 1. The molecule has 0 spiro atoms. The van der Waals surface area contributed by atoms with Gasteiger partial charge in [-0.2, -0.15) is 13.2 Å². The molecule has 0 aliphatic carbocycles. The Bertz CT molecular complexity index is 771. The lowest BCUT2D eigenvalue weighted by Gasteiger charge is -2.39. The molecule has 8 heteroatoms. The first-order chi connectivity index (χ1) is 12.9. The fourth-order valence-corrected chi connectivity index (χ4v) is 4.14. The number of carbonyl (C=O) groups excluding carboxylic acids is 2. The predicted octanol–water partition coefficient (Wildman–Crippen LogP) is 5.21. The number of benzene rings is 1. The second-order valence-corrected chi connectivity index (χ2v) is 8.50. The van der Waals surface area contributed by atoms with Crippen molar-refractivity contribution in [2.45, 2.75) is 70.3 Å².